The van der Waals surface area contributed by atoms with Gasteiger partial charge in [0.1, 0.15) is 0 Å². The van der Waals surface area contributed by atoms with E-state index in [0.717, 1.165) is 48.4 Å². The van der Waals surface area contributed by atoms with Crippen LogP contribution in [-0.4, -0.2) is 28.5 Å². The zero-order chi connectivity index (χ0) is 22.9. The number of amides is 1. The third kappa shape index (κ3) is 4.12. The number of hydrogen-bond acceptors (Lipinski definition) is 4. The quantitative estimate of drug-likeness (QED) is 0.494. The summed E-state index contributed by atoms with van der Waals surface area (Å²) in [6.07, 6.45) is 2.14. The second-order valence-electron chi connectivity index (χ2n) is 8.64. The van der Waals surface area contributed by atoms with E-state index in [1.807, 2.05) is 62.4 Å². The van der Waals surface area contributed by atoms with E-state index in [-0.39, 0.29) is 11.5 Å². The van der Waals surface area contributed by atoms with Crippen LogP contribution in [0.15, 0.2) is 71.5 Å². The Hall–Kier alpha value is -3.93. The molecular weight excluding hydrogens is 412 g/mol. The monoisotopic (exact) mass is 438 g/mol. The number of nitrogens with one attached hydrogen (secondary N) is 1. The van der Waals surface area contributed by atoms with E-state index in [1.54, 1.807) is 22.8 Å². The zero-order valence-corrected chi connectivity index (χ0v) is 18.8. The van der Waals surface area contributed by atoms with Gasteiger partial charge in [0.25, 0.3) is 11.5 Å². The van der Waals surface area contributed by atoms with E-state index < -0.39 is 0 Å². The Morgan fingerprint density at radius 1 is 0.909 bits per heavy atom. The van der Waals surface area contributed by atoms with Crippen molar-refractivity contribution in [2.45, 2.75) is 26.7 Å². The van der Waals surface area contributed by atoms with E-state index in [9.17, 15) is 9.59 Å². The molecule has 0 atom stereocenters. The van der Waals surface area contributed by atoms with Gasteiger partial charge in [-0.3, -0.25) is 9.59 Å². The number of aryl methyl sites for hydroxylation is 2. The molecule has 1 amide bonds. The van der Waals surface area contributed by atoms with E-state index in [1.165, 1.54) is 0 Å². The lowest BCUT2D eigenvalue weighted by atomic mass is 10.1. The Kier molecular flexibility index (Phi) is 5.42. The molecule has 1 N–H and O–H groups in total. The SMILES string of the molecule is Cc1ccc(NC(=O)c2ccc3c(=O)n(-c4cccc(C)c4)c(N4CCCC4)nc3c2)cc1. The number of carbonyl (C=O) groups is 1. The van der Waals surface area contributed by atoms with Gasteiger partial charge in [0, 0.05) is 24.3 Å². The number of hydrogen-bond donors (Lipinski definition) is 1. The highest BCUT2D eigenvalue weighted by atomic mass is 16.1. The molecule has 0 spiro atoms. The predicted molar refractivity (Wildman–Crippen MR) is 133 cm³/mol. The third-order valence-corrected chi connectivity index (χ3v) is 6.07. The van der Waals surface area contributed by atoms with Crippen molar-refractivity contribution in [1.82, 2.24) is 9.55 Å². The fourth-order valence-corrected chi connectivity index (χ4v) is 4.28. The van der Waals surface area contributed by atoms with Gasteiger partial charge in [-0.25, -0.2) is 9.55 Å². The van der Waals surface area contributed by atoms with Gasteiger partial charge in [-0.15, -0.1) is 0 Å². The van der Waals surface area contributed by atoms with Gasteiger partial charge >= 0.3 is 0 Å². The van der Waals surface area contributed by atoms with Crippen molar-refractivity contribution < 1.29 is 4.79 Å². The molecule has 0 unspecified atom stereocenters. The minimum atomic E-state index is -0.229. The second kappa shape index (κ2) is 8.54. The lowest BCUT2D eigenvalue weighted by Crippen LogP contribution is -2.30. The summed E-state index contributed by atoms with van der Waals surface area (Å²) in [6.45, 7) is 5.73. The van der Waals surface area contributed by atoms with Crippen molar-refractivity contribution in [2.75, 3.05) is 23.3 Å². The predicted octanol–water partition coefficient (Wildman–Crippen LogP) is 4.86. The zero-order valence-electron chi connectivity index (χ0n) is 18.8. The van der Waals surface area contributed by atoms with Crippen LogP contribution in [0.3, 0.4) is 0 Å². The number of benzene rings is 3. The molecule has 0 radical (unpaired) electrons. The maximum atomic E-state index is 13.6. The first-order chi connectivity index (χ1) is 16.0. The van der Waals surface area contributed by atoms with Gasteiger partial charge in [0.05, 0.1) is 16.6 Å². The topological polar surface area (TPSA) is 67.2 Å². The average Bonchev–Trinajstić information content (AvgIpc) is 3.35. The van der Waals surface area contributed by atoms with Crippen molar-refractivity contribution in [2.24, 2.45) is 0 Å². The molecule has 2 heterocycles. The summed E-state index contributed by atoms with van der Waals surface area (Å²) in [5, 5.41) is 3.41. The Bertz CT molecular complexity index is 1400. The van der Waals surface area contributed by atoms with Crippen molar-refractivity contribution in [3.05, 3.63) is 93.8 Å². The summed E-state index contributed by atoms with van der Waals surface area (Å²) < 4.78 is 1.70. The number of carbonyl (C=O) groups excluding carboxylic acids is 1. The van der Waals surface area contributed by atoms with Crippen molar-refractivity contribution in [1.29, 1.82) is 0 Å². The van der Waals surface area contributed by atoms with Gasteiger partial charge in [0.2, 0.25) is 5.95 Å². The van der Waals surface area contributed by atoms with E-state index in [4.69, 9.17) is 4.98 Å². The summed E-state index contributed by atoms with van der Waals surface area (Å²) in [5.41, 5.74) is 4.61. The van der Waals surface area contributed by atoms with Gasteiger partial charge < -0.3 is 10.2 Å². The summed E-state index contributed by atoms with van der Waals surface area (Å²) in [6, 6.07) is 20.6. The van der Waals surface area contributed by atoms with Gasteiger partial charge in [-0.1, -0.05) is 29.8 Å². The lowest BCUT2D eigenvalue weighted by molar-refractivity contribution is 0.102. The standard InChI is InChI=1S/C27H26N4O2/c1-18-8-11-21(12-9-18)28-25(32)20-10-13-23-24(17-20)29-27(30-14-3-4-15-30)31(26(23)33)22-7-5-6-19(2)16-22/h5-13,16-17H,3-4,14-15H2,1-2H3,(H,28,32). The molecule has 0 bridgehead atoms. The van der Waals surface area contributed by atoms with Crippen LogP contribution in [0.5, 0.6) is 0 Å². The molecule has 5 rings (SSSR count). The molecule has 166 valence electrons. The van der Waals surface area contributed by atoms with Crippen molar-refractivity contribution >= 4 is 28.4 Å². The number of rotatable bonds is 4. The van der Waals surface area contributed by atoms with Crippen LogP contribution >= 0.6 is 0 Å². The lowest BCUT2D eigenvalue weighted by Gasteiger charge is -2.22. The Morgan fingerprint density at radius 3 is 2.39 bits per heavy atom. The van der Waals surface area contributed by atoms with Crippen molar-refractivity contribution in [3.63, 3.8) is 0 Å². The minimum absolute atomic E-state index is 0.127. The van der Waals surface area contributed by atoms with E-state index >= 15 is 0 Å². The third-order valence-electron chi connectivity index (χ3n) is 6.07. The first kappa shape index (κ1) is 20.9. The molecule has 0 aliphatic carbocycles. The minimum Gasteiger partial charge on any atom is -0.342 e. The molecule has 33 heavy (non-hydrogen) atoms. The van der Waals surface area contributed by atoms with E-state index in [0.29, 0.717) is 22.4 Å². The molecule has 3 aromatic carbocycles. The molecule has 1 aliphatic rings. The average molecular weight is 439 g/mol. The summed E-state index contributed by atoms with van der Waals surface area (Å²) in [7, 11) is 0. The fraction of sp³-hybridized carbons (Fsp3) is 0.222. The number of fused-ring (bicyclic) bond motifs is 1. The molecule has 6 heteroatoms. The molecule has 6 nitrogen and oxygen atoms in total. The van der Waals surface area contributed by atoms with Crippen LogP contribution in [0, 0.1) is 13.8 Å². The second-order valence-corrected chi connectivity index (χ2v) is 8.64. The first-order valence-corrected chi connectivity index (χ1v) is 11.3. The first-order valence-electron chi connectivity index (χ1n) is 11.3. The van der Waals surface area contributed by atoms with Gasteiger partial charge in [-0.05, 0) is 74.7 Å². The number of anilines is 2. The Balaban J connectivity index is 1.60. The highest BCUT2D eigenvalue weighted by Gasteiger charge is 2.22. The molecule has 1 aliphatic heterocycles. The fourth-order valence-electron chi connectivity index (χ4n) is 4.28. The Morgan fingerprint density at radius 2 is 1.67 bits per heavy atom. The molecular formula is C27H26N4O2. The van der Waals surface area contributed by atoms with Crippen molar-refractivity contribution in [3.8, 4) is 5.69 Å². The number of aromatic nitrogens is 2. The van der Waals surface area contributed by atoms with Crippen LogP contribution in [0.2, 0.25) is 0 Å². The summed E-state index contributed by atoms with van der Waals surface area (Å²) in [5.74, 6) is 0.403. The molecule has 1 aromatic heterocycles. The van der Waals surface area contributed by atoms with E-state index in [2.05, 4.69) is 10.2 Å². The molecule has 1 saturated heterocycles. The molecule has 1 fully saturated rings. The van der Waals surface area contributed by atoms with Crippen LogP contribution in [0.25, 0.3) is 16.6 Å². The normalized spacial score (nSPS) is 13.5. The van der Waals surface area contributed by atoms with Crippen LogP contribution < -0.4 is 15.8 Å². The molecule has 4 aromatic rings. The van der Waals surface area contributed by atoms with Crippen LogP contribution in [0.4, 0.5) is 11.6 Å². The number of nitrogens with zero attached hydrogens (tertiary/aromatic N) is 3. The molecule has 0 saturated carbocycles. The van der Waals surface area contributed by atoms with Gasteiger partial charge in [-0.2, -0.15) is 0 Å². The highest BCUT2D eigenvalue weighted by molar-refractivity contribution is 6.06. The van der Waals surface area contributed by atoms with Crippen LogP contribution in [-0.2, 0) is 0 Å². The maximum Gasteiger partial charge on any atom is 0.267 e. The summed E-state index contributed by atoms with van der Waals surface area (Å²) in [4.78, 5) is 33.5. The highest BCUT2D eigenvalue weighted by Crippen LogP contribution is 2.24. The smallest absolute Gasteiger partial charge is 0.267 e. The Labute approximate surface area is 192 Å². The van der Waals surface area contributed by atoms with Crippen LogP contribution in [0.1, 0.15) is 34.3 Å². The summed E-state index contributed by atoms with van der Waals surface area (Å²) >= 11 is 0. The maximum absolute atomic E-state index is 13.6. The van der Waals surface area contributed by atoms with Gasteiger partial charge in [0.15, 0.2) is 0 Å². The largest absolute Gasteiger partial charge is 0.342 e.